The Bertz CT molecular complexity index is 449. The van der Waals surface area contributed by atoms with E-state index in [1.807, 2.05) is 6.92 Å². The minimum atomic E-state index is -0.530. The fourth-order valence-corrected chi connectivity index (χ4v) is 7.55. The lowest BCUT2D eigenvalue weighted by Crippen LogP contribution is -2.52. The lowest BCUT2D eigenvalue weighted by Gasteiger charge is -2.59. The van der Waals surface area contributed by atoms with E-state index in [0.29, 0.717) is 12.0 Å². The Kier molecular flexibility index (Phi) is 4.75. The molecule has 0 bridgehead atoms. The van der Waals surface area contributed by atoms with E-state index in [-0.39, 0.29) is 0 Å². The summed E-state index contributed by atoms with van der Waals surface area (Å²) in [6.45, 7) is 5.92. The molecule has 4 saturated carbocycles. The van der Waals surface area contributed by atoms with Gasteiger partial charge in [-0.25, -0.2) is 0 Å². The maximum absolute atomic E-state index is 10.9. The fourth-order valence-electron chi connectivity index (χ4n) is 7.55. The summed E-state index contributed by atoms with van der Waals surface area (Å²) in [7, 11) is 0. The number of hydrogen-bond donors (Lipinski definition) is 1. The molecule has 0 heterocycles. The van der Waals surface area contributed by atoms with Gasteiger partial charge in [0.1, 0.15) is 0 Å². The molecule has 0 aliphatic heterocycles. The van der Waals surface area contributed by atoms with Crippen molar-refractivity contribution in [1.82, 2.24) is 0 Å². The predicted octanol–water partition coefficient (Wildman–Crippen LogP) is 5.19. The number of aliphatic hydroxyl groups is 1. The molecule has 4 rings (SSSR count). The maximum Gasteiger partial charge on any atom is 0.0883 e. The minimum Gasteiger partial charge on any atom is -0.387 e. The van der Waals surface area contributed by atoms with Crippen LogP contribution >= 0.6 is 0 Å². The molecule has 4 aliphatic rings. The smallest absolute Gasteiger partial charge is 0.0883 e. The van der Waals surface area contributed by atoms with Crippen molar-refractivity contribution in [2.24, 2.45) is 35.0 Å². The molecule has 138 valence electrons. The molecule has 1 N–H and O–H groups in total. The SMILES string of the molecule is CCOCC1(O)CCC2C(CCC3C2CCC2(C)CCCCC32)C1. The van der Waals surface area contributed by atoms with Gasteiger partial charge in [0.25, 0.3) is 0 Å². The van der Waals surface area contributed by atoms with Gasteiger partial charge in [0.2, 0.25) is 0 Å². The van der Waals surface area contributed by atoms with Crippen LogP contribution in [0.25, 0.3) is 0 Å². The zero-order chi connectivity index (χ0) is 16.8. The van der Waals surface area contributed by atoms with Crippen LogP contribution < -0.4 is 0 Å². The molecule has 4 aliphatic carbocycles. The van der Waals surface area contributed by atoms with Crippen LogP contribution in [0.4, 0.5) is 0 Å². The molecule has 2 heteroatoms. The molecule has 0 aromatic rings. The van der Waals surface area contributed by atoms with Crippen LogP contribution in [-0.2, 0) is 4.74 Å². The van der Waals surface area contributed by atoms with Crippen molar-refractivity contribution in [3.63, 3.8) is 0 Å². The van der Waals surface area contributed by atoms with Crippen molar-refractivity contribution in [2.45, 2.75) is 90.1 Å². The summed E-state index contributed by atoms with van der Waals surface area (Å²) in [5.74, 6) is 4.64. The lowest BCUT2D eigenvalue weighted by molar-refractivity contribution is -0.133. The molecule has 0 radical (unpaired) electrons. The third kappa shape index (κ3) is 2.96. The molecule has 0 aromatic heterocycles. The summed E-state index contributed by atoms with van der Waals surface area (Å²) in [4.78, 5) is 0. The van der Waals surface area contributed by atoms with Gasteiger partial charge in [-0.15, -0.1) is 0 Å². The molecular weight excluding hydrogens is 296 g/mol. The van der Waals surface area contributed by atoms with Gasteiger partial charge in [-0.1, -0.05) is 19.8 Å². The lowest BCUT2D eigenvalue weighted by atomic mass is 9.47. The summed E-state index contributed by atoms with van der Waals surface area (Å²) in [5, 5.41) is 10.9. The highest BCUT2D eigenvalue weighted by molar-refractivity contribution is 5.04. The van der Waals surface area contributed by atoms with Gasteiger partial charge in [-0.05, 0) is 99.7 Å². The zero-order valence-electron chi connectivity index (χ0n) is 15.9. The van der Waals surface area contributed by atoms with Crippen LogP contribution in [-0.4, -0.2) is 23.9 Å². The normalized spacial score (nSPS) is 51.4. The number of rotatable bonds is 3. The first-order valence-corrected chi connectivity index (χ1v) is 10.8. The van der Waals surface area contributed by atoms with E-state index < -0.39 is 5.60 Å². The van der Waals surface area contributed by atoms with Crippen LogP contribution in [0, 0.1) is 35.0 Å². The first-order valence-electron chi connectivity index (χ1n) is 10.8. The van der Waals surface area contributed by atoms with Crippen LogP contribution in [0.3, 0.4) is 0 Å². The molecule has 0 saturated heterocycles. The van der Waals surface area contributed by atoms with E-state index in [1.54, 1.807) is 0 Å². The first kappa shape index (κ1) is 17.3. The standard InChI is InChI=1S/C22H38O2/c1-3-24-15-22(23)13-10-17-16(14-22)7-8-19-18(17)9-12-21(2)11-5-4-6-20(19)21/h16-20,23H,3-15H2,1-2H3. The van der Waals surface area contributed by atoms with Crippen molar-refractivity contribution in [3.05, 3.63) is 0 Å². The van der Waals surface area contributed by atoms with Crippen molar-refractivity contribution in [2.75, 3.05) is 13.2 Å². The highest BCUT2D eigenvalue weighted by atomic mass is 16.5. The van der Waals surface area contributed by atoms with Gasteiger partial charge in [-0.3, -0.25) is 0 Å². The summed E-state index contributed by atoms with van der Waals surface area (Å²) in [6, 6.07) is 0. The van der Waals surface area contributed by atoms with E-state index in [2.05, 4.69) is 6.92 Å². The fraction of sp³-hybridized carbons (Fsp3) is 1.00. The number of hydrogen-bond acceptors (Lipinski definition) is 2. The Morgan fingerprint density at radius 3 is 2.58 bits per heavy atom. The minimum absolute atomic E-state index is 0.530. The maximum atomic E-state index is 10.9. The number of fused-ring (bicyclic) bond motifs is 5. The largest absolute Gasteiger partial charge is 0.387 e. The van der Waals surface area contributed by atoms with Gasteiger partial charge in [0.15, 0.2) is 0 Å². The molecule has 0 aromatic carbocycles. The molecule has 4 fully saturated rings. The molecular formula is C22H38O2. The van der Waals surface area contributed by atoms with Gasteiger partial charge >= 0.3 is 0 Å². The first-order chi connectivity index (χ1) is 11.5. The van der Waals surface area contributed by atoms with Crippen LogP contribution in [0.2, 0.25) is 0 Å². The average molecular weight is 335 g/mol. The van der Waals surface area contributed by atoms with E-state index in [0.717, 1.165) is 49.0 Å². The van der Waals surface area contributed by atoms with E-state index >= 15 is 0 Å². The summed E-state index contributed by atoms with van der Waals surface area (Å²) in [5.41, 5.74) is 0.134. The van der Waals surface area contributed by atoms with Crippen LogP contribution in [0.1, 0.15) is 84.5 Å². The second-order valence-corrected chi connectivity index (χ2v) is 9.98. The van der Waals surface area contributed by atoms with Crippen molar-refractivity contribution in [3.8, 4) is 0 Å². The zero-order valence-corrected chi connectivity index (χ0v) is 15.9. The second kappa shape index (κ2) is 6.58. The summed E-state index contributed by atoms with van der Waals surface area (Å²) >= 11 is 0. The summed E-state index contributed by atoms with van der Waals surface area (Å²) < 4.78 is 5.60. The second-order valence-electron chi connectivity index (χ2n) is 9.98. The van der Waals surface area contributed by atoms with Gasteiger partial charge in [-0.2, -0.15) is 0 Å². The quantitative estimate of drug-likeness (QED) is 0.770. The van der Waals surface area contributed by atoms with E-state index in [1.165, 1.54) is 57.8 Å². The summed E-state index contributed by atoms with van der Waals surface area (Å²) in [6.07, 6.45) is 14.9. The van der Waals surface area contributed by atoms with Gasteiger partial charge < -0.3 is 9.84 Å². The molecule has 7 atom stereocenters. The number of ether oxygens (including phenoxy) is 1. The molecule has 24 heavy (non-hydrogen) atoms. The molecule has 7 unspecified atom stereocenters. The van der Waals surface area contributed by atoms with Gasteiger partial charge in [0, 0.05) is 6.61 Å². The highest BCUT2D eigenvalue weighted by Crippen LogP contribution is 2.61. The molecule has 2 nitrogen and oxygen atoms in total. The Morgan fingerprint density at radius 2 is 1.75 bits per heavy atom. The molecule has 0 spiro atoms. The third-order valence-corrected chi connectivity index (χ3v) is 8.71. The topological polar surface area (TPSA) is 29.5 Å². The third-order valence-electron chi connectivity index (χ3n) is 8.71. The monoisotopic (exact) mass is 334 g/mol. The van der Waals surface area contributed by atoms with Crippen molar-refractivity contribution >= 4 is 0 Å². The average Bonchev–Trinajstić information content (AvgIpc) is 2.58. The van der Waals surface area contributed by atoms with Crippen molar-refractivity contribution in [1.29, 1.82) is 0 Å². The van der Waals surface area contributed by atoms with Crippen LogP contribution in [0.5, 0.6) is 0 Å². The molecule has 0 amide bonds. The highest BCUT2D eigenvalue weighted by Gasteiger charge is 2.53. The van der Waals surface area contributed by atoms with Crippen molar-refractivity contribution < 1.29 is 9.84 Å². The Hall–Kier alpha value is -0.0800. The Labute approximate surface area is 148 Å². The van der Waals surface area contributed by atoms with Gasteiger partial charge in [0.05, 0.1) is 12.2 Å². The predicted molar refractivity (Wildman–Crippen MR) is 97.8 cm³/mol. The Balaban J connectivity index is 1.46. The van der Waals surface area contributed by atoms with E-state index in [4.69, 9.17) is 4.74 Å². The Morgan fingerprint density at radius 1 is 0.917 bits per heavy atom. The van der Waals surface area contributed by atoms with E-state index in [9.17, 15) is 5.11 Å². The van der Waals surface area contributed by atoms with Crippen LogP contribution in [0.15, 0.2) is 0 Å².